The number of carbonyl (C=O) groups is 1. The van der Waals surface area contributed by atoms with Crippen LogP contribution in [0.3, 0.4) is 0 Å². The van der Waals surface area contributed by atoms with E-state index in [0.717, 1.165) is 37.0 Å². The fourth-order valence-corrected chi connectivity index (χ4v) is 5.92. The molecular formula is C27H37ClN2O4. The SMILES string of the molecule is COC1=CC2CC(=O)N(C3CCC(NC(C)O)CC3)C(c3ccc(Cl)cc3)C2C=C1OC(C)C. The Kier molecular flexibility index (Phi) is 7.90. The van der Waals surface area contributed by atoms with E-state index in [9.17, 15) is 9.90 Å². The minimum absolute atomic E-state index is 0.0216. The van der Waals surface area contributed by atoms with Gasteiger partial charge in [0.2, 0.25) is 5.91 Å². The van der Waals surface area contributed by atoms with Crippen LogP contribution in [-0.2, 0) is 14.3 Å². The number of piperidine rings is 1. The van der Waals surface area contributed by atoms with Gasteiger partial charge in [-0.15, -0.1) is 0 Å². The van der Waals surface area contributed by atoms with Gasteiger partial charge in [-0.25, -0.2) is 0 Å². The monoisotopic (exact) mass is 488 g/mol. The molecule has 1 saturated carbocycles. The molecule has 0 aromatic heterocycles. The molecule has 0 radical (unpaired) electrons. The number of hydrogen-bond donors (Lipinski definition) is 2. The number of aliphatic hydroxyl groups is 1. The van der Waals surface area contributed by atoms with Crippen molar-refractivity contribution in [1.82, 2.24) is 10.2 Å². The van der Waals surface area contributed by atoms with E-state index in [1.165, 1.54) is 0 Å². The number of methoxy groups -OCH3 is 1. The van der Waals surface area contributed by atoms with E-state index in [2.05, 4.69) is 22.4 Å². The molecule has 4 rings (SSSR count). The number of carbonyl (C=O) groups excluding carboxylic acids is 1. The lowest BCUT2D eigenvalue weighted by Gasteiger charge is -2.50. The summed E-state index contributed by atoms with van der Waals surface area (Å²) in [5.41, 5.74) is 1.09. The molecule has 186 valence electrons. The van der Waals surface area contributed by atoms with Gasteiger partial charge in [0.05, 0.1) is 19.3 Å². The number of benzene rings is 1. The Morgan fingerprint density at radius 1 is 1.06 bits per heavy atom. The van der Waals surface area contributed by atoms with E-state index in [0.29, 0.717) is 17.2 Å². The summed E-state index contributed by atoms with van der Waals surface area (Å²) < 4.78 is 11.7. The summed E-state index contributed by atoms with van der Waals surface area (Å²) in [4.78, 5) is 15.8. The summed E-state index contributed by atoms with van der Waals surface area (Å²) in [5.74, 6) is 1.76. The lowest BCUT2D eigenvalue weighted by Crippen LogP contribution is -2.53. The van der Waals surface area contributed by atoms with Crippen LogP contribution in [0, 0.1) is 11.8 Å². The number of rotatable bonds is 7. The van der Waals surface area contributed by atoms with E-state index in [-0.39, 0.29) is 42.0 Å². The highest BCUT2D eigenvalue weighted by atomic mass is 35.5. The molecular weight excluding hydrogens is 452 g/mol. The lowest BCUT2D eigenvalue weighted by atomic mass is 9.72. The van der Waals surface area contributed by atoms with Gasteiger partial charge in [-0.05, 0) is 82.2 Å². The number of halogens is 1. The molecule has 1 saturated heterocycles. The van der Waals surface area contributed by atoms with Crippen LogP contribution >= 0.6 is 11.6 Å². The first-order chi connectivity index (χ1) is 16.3. The molecule has 0 spiro atoms. The molecule has 1 heterocycles. The molecule has 2 aliphatic carbocycles. The molecule has 2 N–H and O–H groups in total. The van der Waals surface area contributed by atoms with Crippen LogP contribution in [0.5, 0.6) is 0 Å². The van der Waals surface area contributed by atoms with Crippen LogP contribution in [0.1, 0.15) is 64.5 Å². The first-order valence-electron chi connectivity index (χ1n) is 12.4. The van der Waals surface area contributed by atoms with Crippen LogP contribution in [0.2, 0.25) is 5.02 Å². The molecule has 1 aliphatic heterocycles. The third-order valence-corrected chi connectivity index (χ3v) is 7.42. The fraction of sp³-hybridized carbons (Fsp3) is 0.593. The van der Waals surface area contributed by atoms with Crippen LogP contribution in [-0.4, -0.2) is 47.4 Å². The zero-order valence-electron chi connectivity index (χ0n) is 20.5. The average Bonchev–Trinajstić information content (AvgIpc) is 2.79. The summed E-state index contributed by atoms with van der Waals surface area (Å²) in [6.07, 6.45) is 7.90. The molecule has 2 fully saturated rings. The van der Waals surface area contributed by atoms with E-state index >= 15 is 0 Å². The highest BCUT2D eigenvalue weighted by molar-refractivity contribution is 6.30. The standard InChI is InChI=1S/C27H37ClN2O4/c1-16(2)34-25-15-23-19(13-24(25)33-4)14-26(32)30(27(23)18-5-7-20(28)8-6-18)22-11-9-21(10-12-22)29-17(3)31/h5-8,13,15-17,19,21-23,27,29,31H,9-12,14H2,1-4H3. The van der Waals surface area contributed by atoms with E-state index in [1.807, 2.05) is 38.1 Å². The number of aliphatic hydroxyl groups excluding tert-OH is 1. The number of likely N-dealkylation sites (tertiary alicyclic amines) is 1. The number of fused-ring (bicyclic) bond motifs is 1. The molecule has 34 heavy (non-hydrogen) atoms. The molecule has 0 bridgehead atoms. The predicted octanol–water partition coefficient (Wildman–Crippen LogP) is 4.94. The summed E-state index contributed by atoms with van der Waals surface area (Å²) in [6, 6.07) is 8.24. The topological polar surface area (TPSA) is 71.0 Å². The van der Waals surface area contributed by atoms with Gasteiger partial charge >= 0.3 is 0 Å². The van der Waals surface area contributed by atoms with Crippen LogP contribution in [0.4, 0.5) is 0 Å². The Bertz CT molecular complexity index is 919. The zero-order valence-corrected chi connectivity index (χ0v) is 21.3. The Hall–Kier alpha value is -2.02. The number of amides is 1. The third kappa shape index (κ3) is 5.45. The second-order valence-corrected chi connectivity index (χ2v) is 10.5. The van der Waals surface area contributed by atoms with E-state index in [4.69, 9.17) is 21.1 Å². The largest absolute Gasteiger partial charge is 0.493 e. The van der Waals surface area contributed by atoms with Gasteiger partial charge in [-0.2, -0.15) is 0 Å². The van der Waals surface area contributed by atoms with Crippen molar-refractivity contribution in [3.05, 3.63) is 58.5 Å². The van der Waals surface area contributed by atoms with Gasteiger partial charge in [0.25, 0.3) is 0 Å². The Morgan fingerprint density at radius 3 is 2.32 bits per heavy atom. The molecule has 6 nitrogen and oxygen atoms in total. The van der Waals surface area contributed by atoms with Crippen molar-refractivity contribution in [2.24, 2.45) is 11.8 Å². The molecule has 4 atom stereocenters. The van der Waals surface area contributed by atoms with Gasteiger partial charge < -0.3 is 19.5 Å². The Morgan fingerprint density at radius 2 is 1.74 bits per heavy atom. The first kappa shape index (κ1) is 25.1. The molecule has 1 aromatic carbocycles. The number of ether oxygens (including phenoxy) is 2. The van der Waals surface area contributed by atoms with E-state index < -0.39 is 6.23 Å². The predicted molar refractivity (Wildman–Crippen MR) is 133 cm³/mol. The molecule has 1 amide bonds. The lowest BCUT2D eigenvalue weighted by molar-refractivity contribution is -0.145. The van der Waals surface area contributed by atoms with Crippen LogP contribution in [0.15, 0.2) is 47.9 Å². The highest BCUT2D eigenvalue weighted by Crippen LogP contribution is 2.48. The summed E-state index contributed by atoms with van der Waals surface area (Å²) in [6.45, 7) is 5.77. The van der Waals surface area contributed by atoms with Crippen molar-refractivity contribution in [3.63, 3.8) is 0 Å². The minimum atomic E-state index is -0.519. The maximum atomic E-state index is 13.6. The Labute approximate surface area is 207 Å². The van der Waals surface area contributed by atoms with Crippen LogP contribution < -0.4 is 5.32 Å². The van der Waals surface area contributed by atoms with Crippen LogP contribution in [0.25, 0.3) is 0 Å². The number of hydrogen-bond acceptors (Lipinski definition) is 5. The van der Waals surface area contributed by atoms with Crippen molar-refractivity contribution in [1.29, 1.82) is 0 Å². The quantitative estimate of drug-likeness (QED) is 0.532. The smallest absolute Gasteiger partial charge is 0.223 e. The second kappa shape index (κ2) is 10.7. The fourth-order valence-electron chi connectivity index (χ4n) is 5.79. The normalized spacial score (nSPS) is 30.4. The molecule has 7 heteroatoms. The van der Waals surface area contributed by atoms with Crippen molar-refractivity contribution in [3.8, 4) is 0 Å². The van der Waals surface area contributed by atoms with Gasteiger partial charge in [-0.3, -0.25) is 10.1 Å². The third-order valence-electron chi connectivity index (χ3n) is 7.17. The first-order valence-corrected chi connectivity index (χ1v) is 12.8. The molecule has 1 aromatic rings. The highest BCUT2D eigenvalue weighted by Gasteiger charge is 2.46. The number of nitrogens with zero attached hydrogens (tertiary/aromatic N) is 1. The van der Waals surface area contributed by atoms with Gasteiger partial charge in [0, 0.05) is 29.4 Å². The molecule has 3 aliphatic rings. The van der Waals surface area contributed by atoms with Gasteiger partial charge in [-0.1, -0.05) is 23.7 Å². The maximum absolute atomic E-state index is 13.6. The minimum Gasteiger partial charge on any atom is -0.493 e. The average molecular weight is 489 g/mol. The number of nitrogens with one attached hydrogen (secondary N) is 1. The summed E-state index contributed by atoms with van der Waals surface area (Å²) >= 11 is 6.21. The van der Waals surface area contributed by atoms with Crippen molar-refractivity contribution < 1.29 is 19.4 Å². The Balaban J connectivity index is 1.68. The molecule has 4 unspecified atom stereocenters. The van der Waals surface area contributed by atoms with Crippen molar-refractivity contribution in [2.45, 2.75) is 83.3 Å². The zero-order chi connectivity index (χ0) is 24.4. The van der Waals surface area contributed by atoms with Crippen molar-refractivity contribution in [2.75, 3.05) is 7.11 Å². The van der Waals surface area contributed by atoms with Crippen molar-refractivity contribution >= 4 is 17.5 Å². The maximum Gasteiger partial charge on any atom is 0.223 e. The van der Waals surface area contributed by atoms with Gasteiger partial charge in [0.15, 0.2) is 11.5 Å². The summed E-state index contributed by atoms with van der Waals surface area (Å²) in [5, 5.41) is 13.6. The number of allylic oxidation sites excluding steroid dienone is 1. The van der Waals surface area contributed by atoms with Gasteiger partial charge in [0.1, 0.15) is 6.23 Å². The van der Waals surface area contributed by atoms with E-state index in [1.54, 1.807) is 14.0 Å². The second-order valence-electron chi connectivity index (χ2n) is 10.0. The summed E-state index contributed by atoms with van der Waals surface area (Å²) in [7, 11) is 1.65.